The number of nitrogens with two attached hydrogens (primary N) is 1. The summed E-state index contributed by atoms with van der Waals surface area (Å²) in [6.45, 7) is 8.53. The van der Waals surface area contributed by atoms with E-state index in [-0.39, 0.29) is 5.91 Å². The zero-order chi connectivity index (χ0) is 14.5. The van der Waals surface area contributed by atoms with Crippen molar-refractivity contribution in [2.45, 2.75) is 38.8 Å². The third kappa shape index (κ3) is 4.64. The van der Waals surface area contributed by atoms with Crippen LogP contribution in [0.1, 0.15) is 31.6 Å². The average molecular weight is 301 g/mol. The predicted molar refractivity (Wildman–Crippen MR) is 82.4 cm³/mol. The summed E-state index contributed by atoms with van der Waals surface area (Å²) in [7, 11) is 0. The minimum Gasteiger partial charge on any atom is -0.332 e. The highest BCUT2D eigenvalue weighted by molar-refractivity contribution is 7.16. The molecule has 0 aliphatic rings. The van der Waals surface area contributed by atoms with Crippen molar-refractivity contribution < 1.29 is 4.79 Å². The maximum Gasteiger partial charge on any atom is 0.242 e. The van der Waals surface area contributed by atoms with E-state index in [1.807, 2.05) is 19.1 Å². The number of amides is 1. The van der Waals surface area contributed by atoms with Crippen LogP contribution in [0.4, 0.5) is 0 Å². The average Bonchev–Trinajstić information content (AvgIpc) is 2.73. The molecule has 1 unspecified atom stereocenters. The van der Waals surface area contributed by atoms with Crippen molar-refractivity contribution in [2.24, 2.45) is 5.73 Å². The fourth-order valence-corrected chi connectivity index (χ4v) is 3.09. The van der Waals surface area contributed by atoms with E-state index in [2.05, 4.69) is 6.58 Å². The van der Waals surface area contributed by atoms with Crippen LogP contribution in [-0.2, 0) is 11.3 Å². The molecule has 0 saturated carbocycles. The van der Waals surface area contributed by atoms with E-state index in [9.17, 15) is 4.79 Å². The van der Waals surface area contributed by atoms with Crippen LogP contribution < -0.4 is 5.73 Å². The first-order valence-corrected chi connectivity index (χ1v) is 7.53. The Bertz CT molecular complexity index is 442. The van der Waals surface area contributed by atoms with Crippen molar-refractivity contribution in [3.8, 4) is 0 Å². The van der Waals surface area contributed by atoms with Crippen LogP contribution in [0, 0.1) is 0 Å². The van der Waals surface area contributed by atoms with Gasteiger partial charge in [-0.15, -0.1) is 17.9 Å². The van der Waals surface area contributed by atoms with Gasteiger partial charge >= 0.3 is 0 Å². The molecule has 3 nitrogen and oxygen atoms in total. The number of hydrogen-bond donors (Lipinski definition) is 1. The van der Waals surface area contributed by atoms with E-state index in [1.165, 1.54) is 11.3 Å². The zero-order valence-corrected chi connectivity index (χ0v) is 13.1. The minimum absolute atomic E-state index is 0.0428. The second-order valence-corrected chi connectivity index (χ2v) is 6.65. The van der Waals surface area contributed by atoms with Gasteiger partial charge < -0.3 is 10.6 Å². The lowest BCUT2D eigenvalue weighted by Gasteiger charge is -2.30. The predicted octanol–water partition coefficient (Wildman–Crippen LogP) is 3.43. The summed E-state index contributed by atoms with van der Waals surface area (Å²) in [6.07, 6.45) is 3.27. The van der Waals surface area contributed by atoms with Crippen LogP contribution in [0.15, 0.2) is 24.8 Å². The van der Waals surface area contributed by atoms with Gasteiger partial charge in [0, 0.05) is 11.4 Å². The second-order valence-electron chi connectivity index (χ2n) is 4.85. The molecule has 1 rings (SSSR count). The molecule has 0 saturated heterocycles. The molecule has 1 aromatic heterocycles. The Labute approximate surface area is 124 Å². The van der Waals surface area contributed by atoms with Crippen LogP contribution in [0.5, 0.6) is 0 Å². The first-order valence-electron chi connectivity index (χ1n) is 6.34. The van der Waals surface area contributed by atoms with Crippen LogP contribution in [0.3, 0.4) is 0 Å². The minimum atomic E-state index is -0.821. The highest BCUT2D eigenvalue weighted by Gasteiger charge is 2.31. The summed E-state index contributed by atoms with van der Waals surface area (Å²) in [5, 5.41) is 0. The Morgan fingerprint density at radius 2 is 2.32 bits per heavy atom. The molecular formula is C14H21ClN2OS. The topological polar surface area (TPSA) is 46.3 Å². The number of carbonyl (C=O) groups excluding carboxylic acids is 1. The Balaban J connectivity index is 2.82. The highest BCUT2D eigenvalue weighted by Crippen LogP contribution is 2.24. The highest BCUT2D eigenvalue weighted by atomic mass is 35.5. The number of carbonyl (C=O) groups is 1. The maximum atomic E-state index is 12.5. The normalized spacial score (nSPS) is 13.9. The molecule has 0 fully saturated rings. The Morgan fingerprint density at radius 3 is 2.79 bits per heavy atom. The van der Waals surface area contributed by atoms with E-state index in [0.717, 1.165) is 15.6 Å². The number of nitrogens with zero attached hydrogens (tertiary/aromatic N) is 1. The van der Waals surface area contributed by atoms with E-state index >= 15 is 0 Å². The summed E-state index contributed by atoms with van der Waals surface area (Å²) in [4.78, 5) is 15.3. The summed E-state index contributed by atoms with van der Waals surface area (Å²) >= 11 is 7.39. The zero-order valence-electron chi connectivity index (χ0n) is 11.5. The van der Waals surface area contributed by atoms with E-state index in [4.69, 9.17) is 17.3 Å². The first-order chi connectivity index (χ1) is 8.90. The molecule has 19 heavy (non-hydrogen) atoms. The van der Waals surface area contributed by atoms with Gasteiger partial charge in [0.25, 0.3) is 0 Å². The number of halogens is 1. The molecule has 1 amide bonds. The van der Waals surface area contributed by atoms with E-state index in [0.29, 0.717) is 19.5 Å². The van der Waals surface area contributed by atoms with Gasteiger partial charge in [0.2, 0.25) is 5.91 Å². The molecule has 1 heterocycles. The van der Waals surface area contributed by atoms with Crippen molar-refractivity contribution in [1.29, 1.82) is 0 Å². The largest absolute Gasteiger partial charge is 0.332 e. The molecule has 0 bridgehead atoms. The van der Waals surface area contributed by atoms with Gasteiger partial charge in [-0.3, -0.25) is 4.79 Å². The van der Waals surface area contributed by atoms with Crippen molar-refractivity contribution in [2.75, 3.05) is 6.54 Å². The lowest BCUT2D eigenvalue weighted by molar-refractivity contribution is -0.136. The maximum absolute atomic E-state index is 12.5. The monoisotopic (exact) mass is 300 g/mol. The van der Waals surface area contributed by atoms with Gasteiger partial charge in [-0.05, 0) is 25.5 Å². The fourth-order valence-electron chi connectivity index (χ4n) is 1.99. The summed E-state index contributed by atoms with van der Waals surface area (Å²) in [6, 6.07) is 3.77. The van der Waals surface area contributed by atoms with Gasteiger partial charge in [0.15, 0.2) is 0 Å². The van der Waals surface area contributed by atoms with Gasteiger partial charge in [-0.25, -0.2) is 0 Å². The fraction of sp³-hybridized carbons (Fsp3) is 0.500. The molecule has 0 radical (unpaired) electrons. The number of thiophene rings is 1. The molecule has 0 aliphatic carbocycles. The SMILES string of the molecule is C=CCN(Cc1ccc(Cl)s1)C(=O)C(C)(N)CCC. The van der Waals surface area contributed by atoms with Gasteiger partial charge in [0.1, 0.15) is 0 Å². The smallest absolute Gasteiger partial charge is 0.242 e. The molecule has 0 aromatic carbocycles. The summed E-state index contributed by atoms with van der Waals surface area (Å²) < 4.78 is 0.727. The Hall–Kier alpha value is -0.840. The first kappa shape index (κ1) is 16.2. The second kappa shape index (κ2) is 7.08. The third-order valence-corrected chi connectivity index (χ3v) is 4.09. The van der Waals surface area contributed by atoms with Crippen molar-refractivity contribution in [3.63, 3.8) is 0 Å². The van der Waals surface area contributed by atoms with Gasteiger partial charge in [-0.1, -0.05) is 31.0 Å². The van der Waals surface area contributed by atoms with Crippen LogP contribution >= 0.6 is 22.9 Å². The quantitative estimate of drug-likeness (QED) is 0.784. The Kier molecular flexibility index (Phi) is 6.04. The Morgan fingerprint density at radius 1 is 1.63 bits per heavy atom. The summed E-state index contributed by atoms with van der Waals surface area (Å²) in [5.74, 6) is -0.0428. The molecule has 1 atom stereocenters. The molecule has 106 valence electrons. The van der Waals surface area contributed by atoms with Crippen LogP contribution in [-0.4, -0.2) is 22.9 Å². The van der Waals surface area contributed by atoms with Crippen molar-refractivity contribution in [3.05, 3.63) is 34.0 Å². The van der Waals surface area contributed by atoms with E-state index in [1.54, 1.807) is 17.9 Å². The van der Waals surface area contributed by atoms with Gasteiger partial charge in [0.05, 0.1) is 16.4 Å². The van der Waals surface area contributed by atoms with Gasteiger partial charge in [-0.2, -0.15) is 0 Å². The molecule has 0 spiro atoms. The number of rotatable bonds is 7. The van der Waals surface area contributed by atoms with Crippen LogP contribution in [0.25, 0.3) is 0 Å². The molecule has 5 heteroatoms. The molecule has 1 aromatic rings. The number of hydrogen-bond acceptors (Lipinski definition) is 3. The standard InChI is InChI=1S/C14H21ClN2OS/c1-4-8-14(3,16)13(18)17(9-5-2)10-11-6-7-12(15)19-11/h5-7H,2,4,8-10,16H2,1,3H3. The van der Waals surface area contributed by atoms with Crippen molar-refractivity contribution >= 4 is 28.8 Å². The lowest BCUT2D eigenvalue weighted by Crippen LogP contribution is -2.52. The lowest BCUT2D eigenvalue weighted by atomic mass is 9.95. The van der Waals surface area contributed by atoms with E-state index < -0.39 is 5.54 Å². The molecular weight excluding hydrogens is 280 g/mol. The summed E-state index contributed by atoms with van der Waals surface area (Å²) in [5.41, 5.74) is 5.29. The third-order valence-electron chi connectivity index (χ3n) is 2.87. The molecule has 0 aliphatic heterocycles. The van der Waals surface area contributed by atoms with Crippen molar-refractivity contribution in [1.82, 2.24) is 4.90 Å². The van der Waals surface area contributed by atoms with Crippen LogP contribution in [0.2, 0.25) is 4.34 Å². The molecule has 2 N–H and O–H groups in total.